The van der Waals surface area contributed by atoms with Crippen molar-refractivity contribution < 1.29 is 24.1 Å². The Morgan fingerprint density at radius 3 is 2.21 bits per heavy atom. The Hall–Kier alpha value is -2.44. The van der Waals surface area contributed by atoms with E-state index < -0.39 is 6.10 Å². The standard InChI is InChI=1S/C22H29NO5/c1-25-19-7-9-20(10-8-19)28-15-18(24)14-23(17-5-6-17)13-16-4-11-21(26-2)22(12-16)27-3/h4,7-12,17-18,24H,5-6,13-15H2,1-3H3/t18-/m0/s1. The van der Waals surface area contributed by atoms with Crippen molar-refractivity contribution in [3.8, 4) is 23.0 Å². The molecule has 1 aliphatic carbocycles. The van der Waals surface area contributed by atoms with E-state index in [-0.39, 0.29) is 6.61 Å². The van der Waals surface area contributed by atoms with Crippen molar-refractivity contribution >= 4 is 0 Å². The van der Waals surface area contributed by atoms with Crippen LogP contribution in [-0.4, -0.2) is 56.6 Å². The molecular weight excluding hydrogens is 358 g/mol. The third kappa shape index (κ3) is 5.53. The van der Waals surface area contributed by atoms with Crippen LogP contribution < -0.4 is 18.9 Å². The summed E-state index contributed by atoms with van der Waals surface area (Å²) in [5, 5.41) is 10.5. The molecular formula is C22H29NO5. The van der Waals surface area contributed by atoms with Crippen LogP contribution in [0.5, 0.6) is 23.0 Å². The molecule has 6 heteroatoms. The Bertz CT molecular complexity index is 745. The first kappa shape index (κ1) is 20.3. The van der Waals surface area contributed by atoms with Crippen molar-refractivity contribution in [2.75, 3.05) is 34.5 Å². The molecule has 1 aliphatic rings. The van der Waals surface area contributed by atoms with Gasteiger partial charge in [-0.2, -0.15) is 0 Å². The van der Waals surface area contributed by atoms with Gasteiger partial charge in [-0.1, -0.05) is 6.07 Å². The zero-order chi connectivity index (χ0) is 19.9. The van der Waals surface area contributed by atoms with Gasteiger partial charge in [-0.3, -0.25) is 4.90 Å². The van der Waals surface area contributed by atoms with Crippen LogP contribution in [0, 0.1) is 0 Å². The normalized spacial score (nSPS) is 14.6. The number of aliphatic hydroxyl groups is 1. The van der Waals surface area contributed by atoms with E-state index in [0.29, 0.717) is 12.6 Å². The molecule has 0 spiro atoms. The summed E-state index contributed by atoms with van der Waals surface area (Å²) in [6.07, 6.45) is 1.77. The van der Waals surface area contributed by atoms with E-state index in [1.54, 1.807) is 21.3 Å². The molecule has 0 amide bonds. The molecule has 1 fully saturated rings. The summed E-state index contributed by atoms with van der Waals surface area (Å²) < 4.78 is 21.6. The molecule has 1 saturated carbocycles. The Morgan fingerprint density at radius 2 is 1.61 bits per heavy atom. The van der Waals surface area contributed by atoms with E-state index in [4.69, 9.17) is 18.9 Å². The first-order valence-corrected chi connectivity index (χ1v) is 9.52. The molecule has 1 N–H and O–H groups in total. The molecule has 2 aromatic carbocycles. The zero-order valence-electron chi connectivity index (χ0n) is 16.8. The lowest BCUT2D eigenvalue weighted by Crippen LogP contribution is -2.36. The minimum atomic E-state index is -0.567. The van der Waals surface area contributed by atoms with E-state index in [1.165, 1.54) is 12.8 Å². The molecule has 6 nitrogen and oxygen atoms in total. The second-order valence-corrected chi connectivity index (χ2v) is 6.99. The fraction of sp³-hybridized carbons (Fsp3) is 0.455. The van der Waals surface area contributed by atoms with E-state index in [0.717, 1.165) is 35.1 Å². The number of ether oxygens (including phenoxy) is 4. The summed E-state index contributed by atoms with van der Waals surface area (Å²) in [7, 11) is 4.90. The highest BCUT2D eigenvalue weighted by Crippen LogP contribution is 2.31. The largest absolute Gasteiger partial charge is 0.497 e. The van der Waals surface area contributed by atoms with Crippen molar-refractivity contribution in [1.29, 1.82) is 0 Å². The number of hydrogen-bond donors (Lipinski definition) is 1. The summed E-state index contributed by atoms with van der Waals surface area (Å²) in [4.78, 5) is 2.31. The third-order valence-electron chi connectivity index (χ3n) is 4.84. The molecule has 0 aliphatic heterocycles. The van der Waals surface area contributed by atoms with Crippen molar-refractivity contribution in [2.24, 2.45) is 0 Å². The minimum Gasteiger partial charge on any atom is -0.497 e. The van der Waals surface area contributed by atoms with Crippen LogP contribution >= 0.6 is 0 Å². The maximum absolute atomic E-state index is 10.5. The molecule has 28 heavy (non-hydrogen) atoms. The predicted octanol–water partition coefficient (Wildman–Crippen LogP) is 3.12. The molecule has 0 radical (unpaired) electrons. The fourth-order valence-electron chi connectivity index (χ4n) is 3.18. The van der Waals surface area contributed by atoms with Gasteiger partial charge in [-0.05, 0) is 54.8 Å². The van der Waals surface area contributed by atoms with Gasteiger partial charge in [0.15, 0.2) is 11.5 Å². The Morgan fingerprint density at radius 1 is 0.929 bits per heavy atom. The first-order chi connectivity index (χ1) is 13.6. The highest BCUT2D eigenvalue weighted by molar-refractivity contribution is 5.42. The maximum atomic E-state index is 10.5. The number of nitrogens with zero attached hydrogens (tertiary/aromatic N) is 1. The van der Waals surface area contributed by atoms with Gasteiger partial charge in [-0.25, -0.2) is 0 Å². The van der Waals surface area contributed by atoms with E-state index in [1.807, 2.05) is 42.5 Å². The maximum Gasteiger partial charge on any atom is 0.161 e. The highest BCUT2D eigenvalue weighted by Gasteiger charge is 2.30. The number of benzene rings is 2. The van der Waals surface area contributed by atoms with Crippen LogP contribution in [0.1, 0.15) is 18.4 Å². The Balaban J connectivity index is 1.55. The van der Waals surface area contributed by atoms with Crippen LogP contribution in [0.4, 0.5) is 0 Å². The molecule has 3 rings (SSSR count). The zero-order valence-corrected chi connectivity index (χ0v) is 16.8. The molecule has 0 bridgehead atoms. The monoisotopic (exact) mass is 387 g/mol. The van der Waals surface area contributed by atoms with E-state index in [9.17, 15) is 5.11 Å². The van der Waals surface area contributed by atoms with Crippen molar-refractivity contribution in [2.45, 2.75) is 31.5 Å². The number of aliphatic hydroxyl groups excluding tert-OH is 1. The van der Waals surface area contributed by atoms with Crippen LogP contribution in [0.2, 0.25) is 0 Å². The quantitative estimate of drug-likeness (QED) is 0.639. The van der Waals surface area contributed by atoms with Crippen LogP contribution in [0.15, 0.2) is 42.5 Å². The number of hydrogen-bond acceptors (Lipinski definition) is 6. The summed E-state index contributed by atoms with van der Waals surface area (Å²) in [5.74, 6) is 2.94. The van der Waals surface area contributed by atoms with Gasteiger partial charge in [-0.15, -0.1) is 0 Å². The van der Waals surface area contributed by atoms with E-state index >= 15 is 0 Å². The van der Waals surface area contributed by atoms with Crippen LogP contribution in [-0.2, 0) is 6.54 Å². The Labute approximate surface area is 166 Å². The van der Waals surface area contributed by atoms with Gasteiger partial charge in [0.25, 0.3) is 0 Å². The van der Waals surface area contributed by atoms with Crippen LogP contribution in [0.3, 0.4) is 0 Å². The van der Waals surface area contributed by atoms with E-state index in [2.05, 4.69) is 4.90 Å². The second-order valence-electron chi connectivity index (χ2n) is 6.99. The Kier molecular flexibility index (Phi) is 7.01. The van der Waals surface area contributed by atoms with Gasteiger partial charge in [0.1, 0.15) is 24.2 Å². The molecule has 0 saturated heterocycles. The summed E-state index contributed by atoms with van der Waals surface area (Å²) >= 11 is 0. The smallest absolute Gasteiger partial charge is 0.161 e. The van der Waals surface area contributed by atoms with Crippen molar-refractivity contribution in [1.82, 2.24) is 4.90 Å². The summed E-state index contributed by atoms with van der Waals surface area (Å²) in [6.45, 7) is 1.57. The van der Waals surface area contributed by atoms with Crippen molar-refractivity contribution in [3.63, 3.8) is 0 Å². The lowest BCUT2D eigenvalue weighted by Gasteiger charge is -2.25. The highest BCUT2D eigenvalue weighted by atomic mass is 16.5. The lowest BCUT2D eigenvalue weighted by molar-refractivity contribution is 0.0626. The molecule has 152 valence electrons. The SMILES string of the molecule is COc1ccc(OC[C@@H](O)CN(Cc2ccc(OC)c(OC)c2)C2CC2)cc1. The van der Waals surface area contributed by atoms with Crippen molar-refractivity contribution in [3.05, 3.63) is 48.0 Å². The summed E-state index contributed by atoms with van der Waals surface area (Å²) in [6, 6.07) is 13.8. The number of methoxy groups -OCH3 is 3. The third-order valence-corrected chi connectivity index (χ3v) is 4.84. The molecule has 2 aromatic rings. The van der Waals surface area contributed by atoms with Gasteiger partial charge in [0.2, 0.25) is 0 Å². The van der Waals surface area contributed by atoms with Gasteiger partial charge >= 0.3 is 0 Å². The molecule has 0 unspecified atom stereocenters. The van der Waals surface area contributed by atoms with Gasteiger partial charge in [0, 0.05) is 19.1 Å². The van der Waals surface area contributed by atoms with Gasteiger partial charge in [0.05, 0.1) is 21.3 Å². The minimum absolute atomic E-state index is 0.251. The second kappa shape index (κ2) is 9.66. The summed E-state index contributed by atoms with van der Waals surface area (Å²) in [5.41, 5.74) is 1.13. The van der Waals surface area contributed by atoms with Gasteiger partial charge < -0.3 is 24.1 Å². The average Bonchev–Trinajstić information content (AvgIpc) is 3.57. The topological polar surface area (TPSA) is 60.4 Å². The van der Waals surface area contributed by atoms with Crippen LogP contribution in [0.25, 0.3) is 0 Å². The number of rotatable bonds is 11. The molecule has 0 heterocycles. The molecule has 1 atom stereocenters. The predicted molar refractivity (Wildman–Crippen MR) is 107 cm³/mol. The fourth-order valence-corrected chi connectivity index (χ4v) is 3.18. The first-order valence-electron chi connectivity index (χ1n) is 9.52. The average molecular weight is 387 g/mol. The lowest BCUT2D eigenvalue weighted by atomic mass is 10.1. The molecule has 0 aromatic heterocycles.